The van der Waals surface area contributed by atoms with Crippen LogP contribution in [0.4, 0.5) is 8.78 Å². The minimum absolute atomic E-state index is 0.368. The highest BCUT2D eigenvalue weighted by molar-refractivity contribution is 6.30. The molecule has 1 amide bonds. The minimum atomic E-state index is -0.927. The monoisotopic (exact) mass is 311 g/mol. The first kappa shape index (κ1) is 15.4. The lowest BCUT2D eigenvalue weighted by atomic mass is 10.1. The van der Waals surface area contributed by atoms with Crippen molar-refractivity contribution in [2.24, 2.45) is 0 Å². The Morgan fingerprint density at radius 1 is 1.19 bits per heavy atom. The van der Waals surface area contributed by atoms with Gasteiger partial charge in [0.2, 0.25) is 0 Å². The lowest BCUT2D eigenvalue weighted by Gasteiger charge is -2.17. The van der Waals surface area contributed by atoms with Gasteiger partial charge < -0.3 is 10.4 Å². The van der Waals surface area contributed by atoms with Crippen molar-refractivity contribution in [3.63, 3.8) is 0 Å². The zero-order chi connectivity index (χ0) is 15.4. The summed E-state index contributed by atoms with van der Waals surface area (Å²) >= 11 is 5.43. The highest BCUT2D eigenvalue weighted by Crippen LogP contribution is 2.20. The van der Waals surface area contributed by atoms with E-state index < -0.39 is 34.2 Å². The molecule has 2 N–H and O–H groups in total. The predicted octanol–water partition coefficient (Wildman–Crippen LogP) is 3.08. The Bertz CT molecular complexity index is 650. The molecule has 2 aromatic carbocycles. The summed E-state index contributed by atoms with van der Waals surface area (Å²) in [5.41, 5.74) is 0.189. The zero-order valence-corrected chi connectivity index (χ0v) is 11.6. The third kappa shape index (κ3) is 3.56. The van der Waals surface area contributed by atoms with Crippen LogP contribution in [0.5, 0.6) is 0 Å². The Morgan fingerprint density at radius 2 is 1.86 bits per heavy atom. The summed E-state index contributed by atoms with van der Waals surface area (Å²) in [7, 11) is 0. The van der Waals surface area contributed by atoms with Gasteiger partial charge in [-0.1, -0.05) is 41.9 Å². The van der Waals surface area contributed by atoms with Crippen LogP contribution in [0, 0.1) is 11.6 Å². The smallest absolute Gasteiger partial charge is 0.254 e. The molecule has 0 unspecified atom stereocenters. The molecule has 3 nitrogen and oxygen atoms in total. The Balaban J connectivity index is 2.23. The van der Waals surface area contributed by atoms with Crippen molar-refractivity contribution in [1.29, 1.82) is 0 Å². The maximum atomic E-state index is 13.7. The fourth-order valence-corrected chi connectivity index (χ4v) is 2.00. The summed E-state index contributed by atoms with van der Waals surface area (Å²) < 4.78 is 27.0. The molecule has 1 atom stereocenters. The number of nitrogens with one attached hydrogen (secondary N) is 1. The molecule has 6 heteroatoms. The summed E-state index contributed by atoms with van der Waals surface area (Å²) in [6, 6.07) is 9.44. The van der Waals surface area contributed by atoms with Crippen LogP contribution in [0.2, 0.25) is 5.02 Å². The molecule has 0 aliphatic carbocycles. The van der Waals surface area contributed by atoms with Crippen molar-refractivity contribution < 1.29 is 18.7 Å². The molecule has 21 heavy (non-hydrogen) atoms. The van der Waals surface area contributed by atoms with Crippen LogP contribution in [0.3, 0.4) is 0 Å². The second-order valence-corrected chi connectivity index (χ2v) is 4.77. The Labute approximate surface area is 125 Å². The van der Waals surface area contributed by atoms with Crippen LogP contribution in [0.1, 0.15) is 22.0 Å². The molecule has 0 bridgehead atoms. The van der Waals surface area contributed by atoms with Crippen LogP contribution in [-0.4, -0.2) is 17.6 Å². The molecule has 0 fully saturated rings. The van der Waals surface area contributed by atoms with Gasteiger partial charge >= 0.3 is 0 Å². The topological polar surface area (TPSA) is 49.3 Å². The number of hydrogen-bond donors (Lipinski definition) is 2. The van der Waals surface area contributed by atoms with E-state index in [1.165, 1.54) is 0 Å². The van der Waals surface area contributed by atoms with Gasteiger partial charge in [-0.25, -0.2) is 8.78 Å². The molecule has 0 spiro atoms. The van der Waals surface area contributed by atoms with E-state index in [9.17, 15) is 18.7 Å². The molecule has 0 aliphatic heterocycles. The second kappa shape index (κ2) is 6.65. The number of halogens is 3. The molecule has 0 aromatic heterocycles. The van der Waals surface area contributed by atoms with Crippen molar-refractivity contribution in [3.8, 4) is 0 Å². The minimum Gasteiger partial charge on any atom is -0.394 e. The molecular weight excluding hydrogens is 300 g/mol. The van der Waals surface area contributed by atoms with Crippen LogP contribution in [0.15, 0.2) is 42.5 Å². The van der Waals surface area contributed by atoms with Crippen LogP contribution >= 0.6 is 11.6 Å². The van der Waals surface area contributed by atoms with Crippen molar-refractivity contribution in [3.05, 3.63) is 70.2 Å². The summed E-state index contributed by atoms with van der Waals surface area (Å²) in [5, 5.41) is 11.4. The molecule has 2 aromatic rings. The number of aliphatic hydroxyl groups excluding tert-OH is 1. The van der Waals surface area contributed by atoms with E-state index in [1.807, 2.05) is 0 Å². The maximum Gasteiger partial charge on any atom is 0.254 e. The molecule has 0 saturated carbocycles. The Morgan fingerprint density at radius 3 is 2.48 bits per heavy atom. The number of carbonyl (C=O) groups excluding carboxylic acids is 1. The fourth-order valence-electron chi connectivity index (χ4n) is 1.85. The first-order valence-electron chi connectivity index (χ1n) is 6.14. The third-order valence-corrected chi connectivity index (χ3v) is 3.23. The normalized spacial score (nSPS) is 12.0. The average Bonchev–Trinajstić information content (AvgIpc) is 2.49. The van der Waals surface area contributed by atoms with E-state index in [1.54, 1.807) is 30.3 Å². The fraction of sp³-hybridized carbons (Fsp3) is 0.133. The van der Waals surface area contributed by atoms with E-state index >= 15 is 0 Å². The van der Waals surface area contributed by atoms with Gasteiger partial charge in [-0.2, -0.15) is 0 Å². The number of benzene rings is 2. The number of carbonyl (C=O) groups is 1. The SMILES string of the molecule is O=C(N[C@@H](CO)c1ccccc1)c1cc(F)c(Cl)cc1F. The summed E-state index contributed by atoms with van der Waals surface area (Å²) in [6.45, 7) is -0.368. The van der Waals surface area contributed by atoms with E-state index in [2.05, 4.69) is 5.32 Å². The first-order valence-corrected chi connectivity index (χ1v) is 6.52. The third-order valence-electron chi connectivity index (χ3n) is 2.94. The molecule has 0 aliphatic rings. The van der Waals surface area contributed by atoms with E-state index in [4.69, 9.17) is 11.6 Å². The van der Waals surface area contributed by atoms with Gasteiger partial charge in [-0.15, -0.1) is 0 Å². The molecule has 110 valence electrons. The van der Waals surface area contributed by atoms with Crippen LogP contribution in [0.25, 0.3) is 0 Å². The largest absolute Gasteiger partial charge is 0.394 e. The summed E-state index contributed by atoms with van der Waals surface area (Å²) in [6.07, 6.45) is 0. The number of rotatable bonds is 4. The van der Waals surface area contributed by atoms with Gasteiger partial charge in [0.15, 0.2) is 0 Å². The van der Waals surface area contributed by atoms with Crippen molar-refractivity contribution in [2.45, 2.75) is 6.04 Å². The highest BCUT2D eigenvalue weighted by Gasteiger charge is 2.19. The number of amides is 1. The predicted molar refractivity (Wildman–Crippen MR) is 75.1 cm³/mol. The van der Waals surface area contributed by atoms with Gasteiger partial charge in [0.05, 0.1) is 23.2 Å². The zero-order valence-electron chi connectivity index (χ0n) is 10.8. The standard InChI is InChI=1S/C15H12ClF2NO2/c16-11-7-12(17)10(6-13(11)18)15(21)19-14(8-20)9-4-2-1-3-5-9/h1-7,14,20H,8H2,(H,19,21)/t14-/m0/s1. The Kier molecular flexibility index (Phi) is 4.88. The van der Waals surface area contributed by atoms with E-state index in [0.29, 0.717) is 5.56 Å². The van der Waals surface area contributed by atoms with Gasteiger partial charge in [-0.05, 0) is 17.7 Å². The highest BCUT2D eigenvalue weighted by atomic mass is 35.5. The first-order chi connectivity index (χ1) is 10.0. The lowest BCUT2D eigenvalue weighted by molar-refractivity contribution is 0.0911. The van der Waals surface area contributed by atoms with Gasteiger partial charge in [0, 0.05) is 0 Å². The van der Waals surface area contributed by atoms with Gasteiger partial charge in [0.1, 0.15) is 11.6 Å². The maximum absolute atomic E-state index is 13.7. The molecule has 0 radical (unpaired) electrons. The van der Waals surface area contributed by atoms with Crippen LogP contribution < -0.4 is 5.32 Å². The quantitative estimate of drug-likeness (QED) is 0.853. The van der Waals surface area contributed by atoms with Crippen molar-refractivity contribution in [2.75, 3.05) is 6.61 Å². The van der Waals surface area contributed by atoms with E-state index in [0.717, 1.165) is 12.1 Å². The summed E-state index contributed by atoms with van der Waals surface area (Å²) in [4.78, 5) is 12.0. The number of aliphatic hydroxyl groups is 1. The molecule has 0 saturated heterocycles. The van der Waals surface area contributed by atoms with Crippen molar-refractivity contribution >= 4 is 17.5 Å². The second-order valence-electron chi connectivity index (χ2n) is 4.37. The van der Waals surface area contributed by atoms with Gasteiger partial charge in [-0.3, -0.25) is 4.79 Å². The lowest BCUT2D eigenvalue weighted by Crippen LogP contribution is -2.31. The summed E-state index contributed by atoms with van der Waals surface area (Å²) in [5.74, 6) is -2.64. The Hall–Kier alpha value is -1.98. The van der Waals surface area contributed by atoms with Crippen LogP contribution in [-0.2, 0) is 0 Å². The number of hydrogen-bond acceptors (Lipinski definition) is 2. The van der Waals surface area contributed by atoms with E-state index in [-0.39, 0.29) is 6.61 Å². The van der Waals surface area contributed by atoms with Gasteiger partial charge in [0.25, 0.3) is 5.91 Å². The molecular formula is C15H12ClF2NO2. The van der Waals surface area contributed by atoms with Crippen molar-refractivity contribution in [1.82, 2.24) is 5.32 Å². The molecule has 0 heterocycles. The molecule has 2 rings (SSSR count). The average molecular weight is 312 g/mol.